The molecule has 10 nitrogen and oxygen atoms in total. The number of carbonyl (C=O) groups is 3. The highest BCUT2D eigenvalue weighted by molar-refractivity contribution is 7.85. The van der Waals surface area contributed by atoms with Crippen LogP contribution in [-0.4, -0.2) is 57.5 Å². The molecule has 0 aliphatic carbocycles. The van der Waals surface area contributed by atoms with Gasteiger partial charge in [0.25, 0.3) is 0 Å². The first-order valence-electron chi connectivity index (χ1n) is 14.4. The predicted octanol–water partition coefficient (Wildman–Crippen LogP) is 4.32. The minimum atomic E-state index is -3.73. The molecule has 0 unspecified atom stereocenters. The van der Waals surface area contributed by atoms with Gasteiger partial charge >= 0.3 is 17.9 Å². The Morgan fingerprint density at radius 3 is 1.02 bits per heavy atom. The number of esters is 3. The Bertz CT molecular complexity index is 1270. The van der Waals surface area contributed by atoms with E-state index < -0.39 is 7.14 Å². The summed E-state index contributed by atoms with van der Waals surface area (Å²) in [5.74, 6) is 0.116. The second kappa shape index (κ2) is 17.7. The Balaban J connectivity index is 2.03. The van der Waals surface area contributed by atoms with Gasteiger partial charge in [0.15, 0.2) is 7.14 Å². The van der Waals surface area contributed by atoms with Crippen molar-refractivity contribution < 1.29 is 47.4 Å². The monoisotopic (exact) mass is 626 g/mol. The zero-order chi connectivity index (χ0) is 31.8. The Morgan fingerprint density at radius 2 is 0.750 bits per heavy atom. The molecule has 44 heavy (non-hydrogen) atoms. The van der Waals surface area contributed by atoms with Gasteiger partial charge in [-0.3, -0.25) is 14.4 Å². The van der Waals surface area contributed by atoms with E-state index in [1.807, 2.05) is 0 Å². The van der Waals surface area contributed by atoms with E-state index >= 15 is 4.57 Å². The highest BCUT2D eigenvalue weighted by atomic mass is 31.2. The first-order chi connectivity index (χ1) is 21.2. The number of carbonyl (C=O) groups excluding carboxylic acids is 3. The first kappa shape index (κ1) is 34.2. The largest absolute Gasteiger partial charge is 0.493 e. The van der Waals surface area contributed by atoms with E-state index in [9.17, 15) is 14.4 Å². The van der Waals surface area contributed by atoms with Crippen LogP contribution in [0, 0.1) is 0 Å². The van der Waals surface area contributed by atoms with Crippen molar-refractivity contribution in [1.82, 2.24) is 0 Å². The maximum Gasteiger partial charge on any atom is 0.302 e. The SMILES string of the molecule is CC(=O)OCCCOc1ccccc1P(=O)(c1ccccc1OCCCOC(C)=O)c1ccccc1OCCCOC(C)=O. The molecule has 0 aromatic heterocycles. The minimum absolute atomic E-state index is 0.198. The first-order valence-corrected chi connectivity index (χ1v) is 16.1. The molecule has 0 aliphatic heterocycles. The molecule has 0 atom stereocenters. The Hall–Kier alpha value is -4.30. The highest BCUT2D eigenvalue weighted by Gasteiger charge is 2.37. The molecular weight excluding hydrogens is 587 g/mol. The second-order valence-electron chi connectivity index (χ2n) is 9.64. The van der Waals surface area contributed by atoms with Crippen LogP contribution < -0.4 is 30.1 Å². The lowest BCUT2D eigenvalue weighted by atomic mass is 10.3. The van der Waals surface area contributed by atoms with Crippen LogP contribution >= 0.6 is 7.14 Å². The Labute approximate surface area is 257 Å². The van der Waals surface area contributed by atoms with Gasteiger partial charge in [-0.2, -0.15) is 0 Å². The summed E-state index contributed by atoms with van der Waals surface area (Å²) in [6.07, 6.45) is 1.34. The van der Waals surface area contributed by atoms with Crippen molar-refractivity contribution in [3.05, 3.63) is 72.8 Å². The maximum atomic E-state index is 15.8. The summed E-state index contributed by atoms with van der Waals surface area (Å²) in [6.45, 7) is 5.32. The van der Waals surface area contributed by atoms with Gasteiger partial charge < -0.3 is 33.0 Å². The average Bonchev–Trinajstić information content (AvgIpc) is 3.00. The smallest absolute Gasteiger partial charge is 0.302 e. The van der Waals surface area contributed by atoms with Gasteiger partial charge in [0.1, 0.15) is 17.2 Å². The molecule has 0 radical (unpaired) electrons. The van der Waals surface area contributed by atoms with Crippen molar-refractivity contribution in [1.29, 1.82) is 0 Å². The third-order valence-corrected chi connectivity index (χ3v) is 9.31. The van der Waals surface area contributed by atoms with Crippen molar-refractivity contribution in [3.8, 4) is 17.2 Å². The number of hydrogen-bond acceptors (Lipinski definition) is 10. The van der Waals surface area contributed by atoms with Crippen molar-refractivity contribution in [3.63, 3.8) is 0 Å². The summed E-state index contributed by atoms with van der Waals surface area (Å²) in [5.41, 5.74) is 0. The van der Waals surface area contributed by atoms with Crippen molar-refractivity contribution in [2.75, 3.05) is 39.6 Å². The van der Waals surface area contributed by atoms with Crippen LogP contribution in [0.3, 0.4) is 0 Å². The highest BCUT2D eigenvalue weighted by Crippen LogP contribution is 2.49. The third-order valence-electron chi connectivity index (χ3n) is 6.17. The number of benzene rings is 3. The average molecular weight is 627 g/mol. The van der Waals surface area contributed by atoms with Crippen LogP contribution in [0.4, 0.5) is 0 Å². The number of ether oxygens (including phenoxy) is 6. The Morgan fingerprint density at radius 1 is 0.477 bits per heavy atom. The predicted molar refractivity (Wildman–Crippen MR) is 166 cm³/mol. The lowest BCUT2D eigenvalue weighted by Gasteiger charge is -2.26. The number of rotatable bonds is 18. The van der Waals surface area contributed by atoms with Crippen LogP contribution in [0.15, 0.2) is 72.8 Å². The zero-order valence-corrected chi connectivity index (χ0v) is 26.2. The van der Waals surface area contributed by atoms with E-state index in [1.54, 1.807) is 72.8 Å². The van der Waals surface area contributed by atoms with E-state index in [2.05, 4.69) is 0 Å². The molecule has 0 spiro atoms. The van der Waals surface area contributed by atoms with Gasteiger partial charge in [0.05, 0.1) is 55.6 Å². The second-order valence-corrected chi connectivity index (χ2v) is 12.3. The van der Waals surface area contributed by atoms with E-state index in [0.717, 1.165) is 0 Å². The molecule has 0 saturated carbocycles. The molecular formula is C33H39O10P. The Kier molecular flexibility index (Phi) is 13.8. The van der Waals surface area contributed by atoms with Crippen LogP contribution in [0.1, 0.15) is 40.0 Å². The van der Waals surface area contributed by atoms with Crippen LogP contribution in [0.5, 0.6) is 17.2 Å². The fourth-order valence-electron chi connectivity index (χ4n) is 4.28. The third kappa shape index (κ3) is 10.2. The van der Waals surface area contributed by atoms with Crippen LogP contribution in [0.2, 0.25) is 0 Å². The quantitative estimate of drug-likeness (QED) is 0.0873. The molecule has 3 aromatic rings. The normalized spacial score (nSPS) is 10.9. The summed E-state index contributed by atoms with van der Waals surface area (Å²) < 4.78 is 49.2. The van der Waals surface area contributed by atoms with Gasteiger partial charge in [-0.1, -0.05) is 36.4 Å². The number of hydrogen-bond donors (Lipinski definition) is 0. The summed E-state index contributed by atoms with van der Waals surface area (Å²) in [6, 6.07) is 21.3. The fraction of sp³-hybridized carbons (Fsp3) is 0.364. The van der Waals surface area contributed by atoms with Gasteiger partial charge in [-0.05, 0) is 36.4 Å². The van der Waals surface area contributed by atoms with Crippen molar-refractivity contribution in [2.24, 2.45) is 0 Å². The minimum Gasteiger partial charge on any atom is -0.493 e. The lowest BCUT2D eigenvalue weighted by Crippen LogP contribution is -2.29. The topological polar surface area (TPSA) is 124 Å². The molecule has 236 valence electrons. The molecule has 3 aromatic carbocycles. The van der Waals surface area contributed by atoms with Crippen LogP contribution in [-0.2, 0) is 33.2 Å². The molecule has 0 bridgehead atoms. The molecule has 0 fully saturated rings. The molecule has 0 heterocycles. The summed E-state index contributed by atoms with van der Waals surface area (Å²) in [5, 5.41) is 1.33. The standard InChI is InChI=1S/C33H39O10P/c1-25(34)38-19-10-22-41-28-13-4-7-16-31(28)44(37,32-17-8-5-14-29(32)42-23-11-20-39-26(2)35)33-18-9-6-15-30(33)43-24-12-21-40-27(3)36/h4-9,13-18H,10-12,19-24H2,1-3H3. The van der Waals surface area contributed by atoms with Crippen molar-refractivity contribution in [2.45, 2.75) is 40.0 Å². The van der Waals surface area contributed by atoms with Gasteiger partial charge in [0, 0.05) is 40.0 Å². The van der Waals surface area contributed by atoms with E-state index in [0.29, 0.717) is 52.4 Å². The molecule has 11 heteroatoms. The maximum absolute atomic E-state index is 15.8. The van der Waals surface area contributed by atoms with Gasteiger partial charge in [-0.15, -0.1) is 0 Å². The summed E-state index contributed by atoms with van der Waals surface area (Å²) >= 11 is 0. The lowest BCUT2D eigenvalue weighted by molar-refractivity contribution is -0.142. The molecule has 3 rings (SSSR count). The van der Waals surface area contributed by atoms with Gasteiger partial charge in [-0.25, -0.2) is 0 Å². The molecule has 0 amide bonds. The van der Waals surface area contributed by atoms with Crippen molar-refractivity contribution >= 4 is 41.0 Å². The number of para-hydroxylation sites is 3. The molecule has 0 aliphatic rings. The summed E-state index contributed by atoms with van der Waals surface area (Å²) in [7, 11) is -3.73. The molecule has 0 saturated heterocycles. The zero-order valence-electron chi connectivity index (χ0n) is 25.3. The summed E-state index contributed by atoms with van der Waals surface area (Å²) in [4.78, 5) is 33.5. The van der Waals surface area contributed by atoms with Crippen LogP contribution in [0.25, 0.3) is 0 Å². The van der Waals surface area contributed by atoms with E-state index in [-0.39, 0.29) is 57.5 Å². The fourth-order valence-corrected chi connectivity index (χ4v) is 7.29. The van der Waals surface area contributed by atoms with Gasteiger partial charge in [0.2, 0.25) is 0 Å². The van der Waals surface area contributed by atoms with E-state index in [1.165, 1.54) is 20.8 Å². The molecule has 0 N–H and O–H groups in total. The van der Waals surface area contributed by atoms with E-state index in [4.69, 9.17) is 28.4 Å².